The van der Waals surface area contributed by atoms with Gasteiger partial charge < -0.3 is 15.1 Å². The summed E-state index contributed by atoms with van der Waals surface area (Å²) < 4.78 is 0. The molecule has 1 atom stereocenters. The maximum atomic E-state index is 3.64. The zero-order chi connectivity index (χ0) is 12.5. The van der Waals surface area contributed by atoms with Crippen molar-refractivity contribution in [2.75, 3.05) is 43.5 Å². The maximum absolute atomic E-state index is 3.64. The van der Waals surface area contributed by atoms with Gasteiger partial charge in [0.2, 0.25) is 0 Å². The molecule has 3 nitrogen and oxygen atoms in total. The highest BCUT2D eigenvalue weighted by molar-refractivity contribution is 5.73. The van der Waals surface area contributed by atoms with Crippen molar-refractivity contribution >= 4 is 11.4 Å². The first-order valence-electron chi connectivity index (χ1n) is 7.05. The molecule has 2 heterocycles. The molecule has 3 heteroatoms. The first kappa shape index (κ1) is 11.8. The Morgan fingerprint density at radius 3 is 2.56 bits per heavy atom. The van der Waals surface area contributed by atoms with Crippen LogP contribution in [0.4, 0.5) is 11.4 Å². The molecule has 0 aliphatic carbocycles. The van der Waals surface area contributed by atoms with Crippen LogP contribution in [0.1, 0.15) is 30.9 Å². The third-order valence-electron chi connectivity index (χ3n) is 4.31. The second kappa shape index (κ2) is 4.81. The van der Waals surface area contributed by atoms with Crippen LogP contribution < -0.4 is 15.1 Å². The van der Waals surface area contributed by atoms with Gasteiger partial charge in [0.05, 0.1) is 11.4 Å². The highest BCUT2D eigenvalue weighted by Gasteiger charge is 2.21. The lowest BCUT2D eigenvalue weighted by Crippen LogP contribution is -2.37. The highest BCUT2D eigenvalue weighted by Crippen LogP contribution is 2.35. The fourth-order valence-electron chi connectivity index (χ4n) is 3.06. The van der Waals surface area contributed by atoms with E-state index in [1.54, 1.807) is 0 Å². The van der Waals surface area contributed by atoms with E-state index >= 15 is 0 Å². The van der Waals surface area contributed by atoms with Gasteiger partial charge in [-0.2, -0.15) is 0 Å². The summed E-state index contributed by atoms with van der Waals surface area (Å²) in [6, 6.07) is 7.53. The number of likely N-dealkylation sites (N-methyl/N-ethyl adjacent to an activating group) is 2. The summed E-state index contributed by atoms with van der Waals surface area (Å²) in [4.78, 5) is 4.73. The molecule has 18 heavy (non-hydrogen) atoms. The molecule has 0 amide bonds. The minimum Gasteiger partial charge on any atom is -0.371 e. The van der Waals surface area contributed by atoms with Crippen LogP contribution in [0.3, 0.4) is 0 Å². The Hall–Kier alpha value is -1.22. The molecule has 0 saturated carbocycles. The van der Waals surface area contributed by atoms with Crippen molar-refractivity contribution in [2.45, 2.75) is 25.3 Å². The second-order valence-corrected chi connectivity index (χ2v) is 5.59. The Kier molecular flexibility index (Phi) is 3.16. The SMILES string of the molecule is CN1CCN(C)c2cc(C3CCCCN3)ccc21. The predicted molar refractivity (Wildman–Crippen MR) is 77.6 cm³/mol. The van der Waals surface area contributed by atoms with Crippen LogP contribution >= 0.6 is 0 Å². The molecule has 2 aliphatic heterocycles. The van der Waals surface area contributed by atoms with Crippen molar-refractivity contribution in [3.8, 4) is 0 Å². The van der Waals surface area contributed by atoms with Crippen LogP contribution in [0, 0.1) is 0 Å². The summed E-state index contributed by atoms with van der Waals surface area (Å²) in [6.45, 7) is 3.40. The van der Waals surface area contributed by atoms with Gasteiger partial charge in [0.25, 0.3) is 0 Å². The number of nitrogens with zero attached hydrogens (tertiary/aromatic N) is 2. The first-order chi connectivity index (χ1) is 8.75. The number of piperidine rings is 1. The van der Waals surface area contributed by atoms with E-state index in [-0.39, 0.29) is 0 Å². The number of hydrogen-bond donors (Lipinski definition) is 1. The quantitative estimate of drug-likeness (QED) is 0.819. The summed E-state index contributed by atoms with van der Waals surface area (Å²) in [5.41, 5.74) is 4.20. The molecular weight excluding hydrogens is 222 g/mol. The Balaban J connectivity index is 1.91. The Morgan fingerprint density at radius 2 is 1.83 bits per heavy atom. The van der Waals surface area contributed by atoms with E-state index in [9.17, 15) is 0 Å². The molecule has 2 aliphatic rings. The molecule has 1 N–H and O–H groups in total. The van der Waals surface area contributed by atoms with Gasteiger partial charge in [0.15, 0.2) is 0 Å². The topological polar surface area (TPSA) is 18.5 Å². The fourth-order valence-corrected chi connectivity index (χ4v) is 3.06. The number of benzene rings is 1. The van der Waals surface area contributed by atoms with Gasteiger partial charge in [-0.25, -0.2) is 0 Å². The van der Waals surface area contributed by atoms with E-state index in [2.05, 4.69) is 47.4 Å². The Morgan fingerprint density at radius 1 is 1.06 bits per heavy atom. The zero-order valence-corrected chi connectivity index (χ0v) is 11.4. The van der Waals surface area contributed by atoms with E-state index in [4.69, 9.17) is 0 Å². The number of fused-ring (bicyclic) bond motifs is 1. The van der Waals surface area contributed by atoms with Crippen LogP contribution in [0.25, 0.3) is 0 Å². The van der Waals surface area contributed by atoms with E-state index in [1.807, 2.05) is 0 Å². The number of anilines is 2. The molecule has 3 rings (SSSR count). The molecule has 1 fully saturated rings. The first-order valence-corrected chi connectivity index (χ1v) is 7.05. The summed E-state index contributed by atoms with van der Waals surface area (Å²) in [6.07, 6.45) is 3.95. The van der Waals surface area contributed by atoms with Gasteiger partial charge in [0.1, 0.15) is 0 Å². The second-order valence-electron chi connectivity index (χ2n) is 5.59. The van der Waals surface area contributed by atoms with Crippen LogP contribution in [0.15, 0.2) is 18.2 Å². The Labute approximate surface area is 110 Å². The predicted octanol–water partition coefficient (Wildman–Crippen LogP) is 2.39. The van der Waals surface area contributed by atoms with Gasteiger partial charge in [-0.05, 0) is 37.1 Å². The van der Waals surface area contributed by atoms with Gasteiger partial charge in [-0.3, -0.25) is 0 Å². The summed E-state index contributed by atoms with van der Waals surface area (Å²) in [7, 11) is 4.38. The van der Waals surface area contributed by atoms with Crippen molar-refractivity contribution in [1.29, 1.82) is 0 Å². The monoisotopic (exact) mass is 245 g/mol. The van der Waals surface area contributed by atoms with Crippen LogP contribution in [-0.2, 0) is 0 Å². The number of nitrogens with one attached hydrogen (secondary N) is 1. The lowest BCUT2D eigenvalue weighted by atomic mass is 9.96. The van der Waals surface area contributed by atoms with E-state index < -0.39 is 0 Å². The van der Waals surface area contributed by atoms with Crippen molar-refractivity contribution < 1.29 is 0 Å². The lowest BCUT2D eigenvalue weighted by Gasteiger charge is -2.36. The summed E-state index contributed by atoms with van der Waals surface area (Å²) >= 11 is 0. The van der Waals surface area contributed by atoms with Gasteiger partial charge >= 0.3 is 0 Å². The van der Waals surface area contributed by atoms with Gasteiger partial charge in [0, 0.05) is 33.2 Å². The third kappa shape index (κ3) is 2.07. The number of hydrogen-bond acceptors (Lipinski definition) is 3. The largest absolute Gasteiger partial charge is 0.371 e. The van der Waals surface area contributed by atoms with E-state index in [0.717, 1.165) is 19.6 Å². The average Bonchev–Trinajstić information content (AvgIpc) is 2.44. The van der Waals surface area contributed by atoms with Crippen LogP contribution in [-0.4, -0.2) is 33.7 Å². The van der Waals surface area contributed by atoms with Crippen molar-refractivity contribution in [2.24, 2.45) is 0 Å². The van der Waals surface area contributed by atoms with E-state index in [0.29, 0.717) is 6.04 Å². The minimum atomic E-state index is 0.560. The fraction of sp³-hybridized carbons (Fsp3) is 0.600. The normalized spacial score (nSPS) is 24.0. The molecule has 0 aromatic heterocycles. The van der Waals surface area contributed by atoms with Crippen molar-refractivity contribution in [1.82, 2.24) is 5.32 Å². The smallest absolute Gasteiger partial charge is 0.0605 e. The molecule has 0 radical (unpaired) electrons. The molecular formula is C15H23N3. The third-order valence-corrected chi connectivity index (χ3v) is 4.31. The summed E-state index contributed by atoms with van der Waals surface area (Å²) in [5.74, 6) is 0. The van der Waals surface area contributed by atoms with Crippen molar-refractivity contribution in [3.05, 3.63) is 23.8 Å². The van der Waals surface area contributed by atoms with E-state index in [1.165, 1.54) is 36.2 Å². The molecule has 98 valence electrons. The van der Waals surface area contributed by atoms with Crippen LogP contribution in [0.2, 0.25) is 0 Å². The molecule has 1 unspecified atom stereocenters. The summed E-state index contributed by atoms with van der Waals surface area (Å²) in [5, 5.41) is 3.64. The standard InChI is InChI=1S/C15H23N3/c1-17-9-10-18(2)15-11-12(6-7-14(15)17)13-5-3-4-8-16-13/h6-7,11,13,16H,3-5,8-10H2,1-2H3. The van der Waals surface area contributed by atoms with Gasteiger partial charge in [-0.15, -0.1) is 0 Å². The molecule has 1 aromatic rings. The molecule has 0 bridgehead atoms. The van der Waals surface area contributed by atoms with Crippen LogP contribution in [0.5, 0.6) is 0 Å². The molecule has 1 aromatic carbocycles. The zero-order valence-electron chi connectivity index (χ0n) is 11.4. The minimum absolute atomic E-state index is 0.560. The number of rotatable bonds is 1. The van der Waals surface area contributed by atoms with Gasteiger partial charge in [-0.1, -0.05) is 12.5 Å². The highest BCUT2D eigenvalue weighted by atomic mass is 15.2. The lowest BCUT2D eigenvalue weighted by molar-refractivity contribution is 0.412. The molecule has 0 spiro atoms. The maximum Gasteiger partial charge on any atom is 0.0605 e. The molecule has 1 saturated heterocycles. The van der Waals surface area contributed by atoms with Crippen molar-refractivity contribution in [3.63, 3.8) is 0 Å². The average molecular weight is 245 g/mol. The Bertz CT molecular complexity index is 424.